The van der Waals surface area contributed by atoms with Gasteiger partial charge in [0.2, 0.25) is 0 Å². The van der Waals surface area contributed by atoms with Crippen LogP contribution in [0.4, 0.5) is 0 Å². The lowest BCUT2D eigenvalue weighted by Gasteiger charge is -2.08. The van der Waals surface area contributed by atoms with E-state index in [1.165, 1.54) is 6.20 Å². The summed E-state index contributed by atoms with van der Waals surface area (Å²) in [4.78, 5) is 3.79. The summed E-state index contributed by atoms with van der Waals surface area (Å²) in [6.45, 7) is -0.107. The Morgan fingerprint density at radius 1 is 1.73 bits per heavy atom. The number of hydrogen-bond donors (Lipinski definition) is 2. The second-order valence-corrected chi connectivity index (χ2v) is 2.59. The number of nitrogens with two attached hydrogens (primary N) is 1. The van der Waals surface area contributed by atoms with E-state index in [-0.39, 0.29) is 6.61 Å². The fourth-order valence-electron chi connectivity index (χ4n) is 0.785. The van der Waals surface area contributed by atoms with Gasteiger partial charge in [0.1, 0.15) is 0 Å². The molecule has 0 amide bonds. The van der Waals surface area contributed by atoms with Gasteiger partial charge >= 0.3 is 0 Å². The van der Waals surface area contributed by atoms with Gasteiger partial charge in [-0.1, -0.05) is 11.6 Å². The molecule has 0 aliphatic heterocycles. The summed E-state index contributed by atoms with van der Waals surface area (Å²) in [5.74, 6) is 0. The zero-order valence-electron chi connectivity index (χ0n) is 5.87. The van der Waals surface area contributed by atoms with Crippen LogP contribution in [0.15, 0.2) is 18.5 Å². The molecule has 0 aliphatic rings. The van der Waals surface area contributed by atoms with Crippen LogP contribution in [-0.4, -0.2) is 16.7 Å². The Morgan fingerprint density at radius 3 is 3.00 bits per heavy atom. The van der Waals surface area contributed by atoms with Gasteiger partial charge in [-0.25, -0.2) is 0 Å². The largest absolute Gasteiger partial charge is 0.394 e. The van der Waals surface area contributed by atoms with Crippen LogP contribution in [0, 0.1) is 0 Å². The molecule has 0 spiro atoms. The second-order valence-electron chi connectivity index (χ2n) is 2.19. The standard InChI is InChI=1S/C7H9ClN2O/c8-6-3-10-2-1-5(6)7(9)4-11/h1-3,7,11H,4,9H2/t7-/m0/s1. The average Bonchev–Trinajstić information content (AvgIpc) is 2.04. The molecule has 60 valence electrons. The molecule has 0 fully saturated rings. The molecule has 0 radical (unpaired) electrons. The van der Waals surface area contributed by atoms with Crippen LogP contribution in [0.3, 0.4) is 0 Å². The Morgan fingerprint density at radius 2 is 2.45 bits per heavy atom. The van der Waals surface area contributed by atoms with E-state index < -0.39 is 6.04 Å². The molecule has 0 aliphatic carbocycles. The molecule has 0 aromatic carbocycles. The molecule has 0 saturated carbocycles. The van der Waals surface area contributed by atoms with Gasteiger partial charge in [-0.2, -0.15) is 0 Å². The maximum absolute atomic E-state index is 8.71. The third-order valence-corrected chi connectivity index (χ3v) is 1.72. The maximum Gasteiger partial charge on any atom is 0.0637 e. The molecular formula is C7H9ClN2O. The highest BCUT2D eigenvalue weighted by molar-refractivity contribution is 6.31. The van der Waals surface area contributed by atoms with Gasteiger partial charge in [-0.15, -0.1) is 0 Å². The van der Waals surface area contributed by atoms with E-state index in [4.69, 9.17) is 22.4 Å². The minimum absolute atomic E-state index is 0.107. The van der Waals surface area contributed by atoms with Gasteiger partial charge < -0.3 is 10.8 Å². The average molecular weight is 173 g/mol. The molecule has 1 rings (SSSR count). The first-order valence-electron chi connectivity index (χ1n) is 3.21. The molecule has 0 saturated heterocycles. The van der Waals surface area contributed by atoms with Crippen LogP contribution in [0.25, 0.3) is 0 Å². The summed E-state index contributed by atoms with van der Waals surface area (Å²) in [6.07, 6.45) is 3.10. The fourth-order valence-corrected chi connectivity index (χ4v) is 1.04. The van der Waals surface area contributed by atoms with Crippen LogP contribution in [0.2, 0.25) is 5.02 Å². The van der Waals surface area contributed by atoms with Crippen LogP contribution in [-0.2, 0) is 0 Å². The predicted octanol–water partition coefficient (Wildman–Crippen LogP) is 0.727. The van der Waals surface area contributed by atoms with Crippen molar-refractivity contribution < 1.29 is 5.11 Å². The zero-order chi connectivity index (χ0) is 8.27. The summed E-state index contributed by atoms with van der Waals surface area (Å²) in [5.41, 5.74) is 6.26. The fraction of sp³-hybridized carbons (Fsp3) is 0.286. The van der Waals surface area contributed by atoms with E-state index in [2.05, 4.69) is 4.98 Å². The Balaban J connectivity index is 2.93. The summed E-state index contributed by atoms with van der Waals surface area (Å²) in [6, 6.07) is 1.29. The Kier molecular flexibility index (Phi) is 2.82. The van der Waals surface area contributed by atoms with Crippen LogP contribution in [0.1, 0.15) is 11.6 Å². The lowest BCUT2D eigenvalue weighted by atomic mass is 10.1. The molecule has 1 heterocycles. The number of halogens is 1. The minimum Gasteiger partial charge on any atom is -0.394 e. The number of aliphatic hydroxyl groups excluding tert-OH is 1. The second kappa shape index (κ2) is 3.67. The van der Waals surface area contributed by atoms with E-state index in [0.717, 1.165) is 5.56 Å². The molecule has 1 aromatic rings. The van der Waals surface area contributed by atoms with Crippen molar-refractivity contribution in [2.75, 3.05) is 6.61 Å². The first kappa shape index (κ1) is 8.46. The first-order chi connectivity index (χ1) is 5.25. The third-order valence-electron chi connectivity index (χ3n) is 1.40. The van der Waals surface area contributed by atoms with Crippen molar-refractivity contribution in [1.82, 2.24) is 4.98 Å². The van der Waals surface area contributed by atoms with Crippen molar-refractivity contribution in [3.8, 4) is 0 Å². The monoisotopic (exact) mass is 172 g/mol. The zero-order valence-corrected chi connectivity index (χ0v) is 6.62. The molecule has 1 aromatic heterocycles. The highest BCUT2D eigenvalue weighted by atomic mass is 35.5. The number of pyridine rings is 1. The molecular weight excluding hydrogens is 164 g/mol. The summed E-state index contributed by atoms with van der Waals surface area (Å²) in [7, 11) is 0. The van der Waals surface area contributed by atoms with Crippen LogP contribution >= 0.6 is 11.6 Å². The predicted molar refractivity (Wildman–Crippen MR) is 43.3 cm³/mol. The van der Waals surface area contributed by atoms with Gasteiger partial charge in [0, 0.05) is 12.4 Å². The van der Waals surface area contributed by atoms with Crippen molar-refractivity contribution in [3.63, 3.8) is 0 Å². The van der Waals surface area contributed by atoms with E-state index in [1.54, 1.807) is 12.3 Å². The minimum atomic E-state index is -0.412. The molecule has 1 atom stereocenters. The van der Waals surface area contributed by atoms with E-state index >= 15 is 0 Å². The Hall–Kier alpha value is -0.640. The van der Waals surface area contributed by atoms with Crippen LogP contribution in [0.5, 0.6) is 0 Å². The van der Waals surface area contributed by atoms with E-state index in [0.29, 0.717) is 5.02 Å². The van der Waals surface area contributed by atoms with Crippen molar-refractivity contribution in [2.45, 2.75) is 6.04 Å². The van der Waals surface area contributed by atoms with Crippen molar-refractivity contribution in [2.24, 2.45) is 5.73 Å². The van der Waals surface area contributed by atoms with Crippen molar-refractivity contribution in [1.29, 1.82) is 0 Å². The first-order valence-corrected chi connectivity index (χ1v) is 3.59. The highest BCUT2D eigenvalue weighted by Crippen LogP contribution is 2.18. The van der Waals surface area contributed by atoms with Crippen molar-refractivity contribution >= 4 is 11.6 Å². The van der Waals surface area contributed by atoms with E-state index in [1.807, 2.05) is 0 Å². The Labute approximate surface area is 69.8 Å². The van der Waals surface area contributed by atoms with Gasteiger partial charge in [0.25, 0.3) is 0 Å². The Bertz CT molecular complexity index is 242. The summed E-state index contributed by atoms with van der Waals surface area (Å²) >= 11 is 5.74. The molecule has 4 heteroatoms. The molecule has 0 unspecified atom stereocenters. The number of aromatic nitrogens is 1. The highest BCUT2D eigenvalue weighted by Gasteiger charge is 2.07. The normalized spacial score (nSPS) is 13.0. The molecule has 3 N–H and O–H groups in total. The summed E-state index contributed by atoms with van der Waals surface area (Å²) in [5, 5.41) is 9.20. The molecule has 0 bridgehead atoms. The van der Waals surface area contributed by atoms with Gasteiger partial charge in [0.05, 0.1) is 17.7 Å². The van der Waals surface area contributed by atoms with Gasteiger partial charge in [-0.05, 0) is 11.6 Å². The van der Waals surface area contributed by atoms with Crippen molar-refractivity contribution in [3.05, 3.63) is 29.0 Å². The van der Waals surface area contributed by atoms with E-state index in [9.17, 15) is 0 Å². The SMILES string of the molecule is N[C@@H](CO)c1ccncc1Cl. The summed E-state index contributed by atoms with van der Waals surface area (Å²) < 4.78 is 0. The quantitative estimate of drug-likeness (QED) is 0.692. The topological polar surface area (TPSA) is 59.1 Å². The smallest absolute Gasteiger partial charge is 0.0637 e. The van der Waals surface area contributed by atoms with Gasteiger partial charge in [0.15, 0.2) is 0 Å². The number of hydrogen-bond acceptors (Lipinski definition) is 3. The molecule has 11 heavy (non-hydrogen) atoms. The van der Waals surface area contributed by atoms with Crippen LogP contribution < -0.4 is 5.73 Å². The molecule has 3 nitrogen and oxygen atoms in total. The number of aliphatic hydroxyl groups is 1. The number of nitrogens with zero attached hydrogens (tertiary/aromatic N) is 1. The third kappa shape index (κ3) is 1.89. The van der Waals surface area contributed by atoms with Gasteiger partial charge in [-0.3, -0.25) is 4.98 Å². The maximum atomic E-state index is 8.71. The lowest BCUT2D eigenvalue weighted by molar-refractivity contribution is 0.268. The lowest BCUT2D eigenvalue weighted by Crippen LogP contribution is -2.14. The number of rotatable bonds is 2.